The third-order valence-electron chi connectivity index (χ3n) is 2.43. The second-order valence-electron chi connectivity index (χ2n) is 3.60. The highest BCUT2D eigenvalue weighted by molar-refractivity contribution is 5.14. The van der Waals surface area contributed by atoms with Crippen molar-refractivity contribution in [3.63, 3.8) is 0 Å². The van der Waals surface area contributed by atoms with Crippen LogP contribution >= 0.6 is 0 Å². The average molecular weight is 201 g/mol. The largest absolute Gasteiger partial charge is 0.468 e. The molecule has 1 atom stereocenters. The molecule has 1 aromatic carbocycles. The zero-order valence-electron chi connectivity index (χ0n) is 8.81. The molecule has 2 heteroatoms. The molecule has 0 aliphatic heterocycles. The molecule has 0 spiro atoms. The van der Waals surface area contributed by atoms with Gasteiger partial charge in [0.25, 0.3) is 0 Å². The molecule has 1 aromatic heterocycles. The quantitative estimate of drug-likeness (QED) is 0.822. The fourth-order valence-electron chi connectivity index (χ4n) is 1.51. The molecule has 0 bridgehead atoms. The molecule has 15 heavy (non-hydrogen) atoms. The Bertz CT molecular complexity index is 380. The monoisotopic (exact) mass is 201 g/mol. The van der Waals surface area contributed by atoms with E-state index in [1.165, 1.54) is 5.56 Å². The lowest BCUT2D eigenvalue weighted by Crippen LogP contribution is -2.17. The van der Waals surface area contributed by atoms with Crippen molar-refractivity contribution in [1.29, 1.82) is 0 Å². The molecule has 0 aliphatic rings. The summed E-state index contributed by atoms with van der Waals surface area (Å²) in [5, 5.41) is 3.41. The third-order valence-corrected chi connectivity index (χ3v) is 2.43. The zero-order chi connectivity index (χ0) is 10.5. The van der Waals surface area contributed by atoms with Crippen molar-refractivity contribution in [2.45, 2.75) is 19.5 Å². The molecule has 2 rings (SSSR count). The smallest absolute Gasteiger partial charge is 0.120 e. The van der Waals surface area contributed by atoms with Crippen molar-refractivity contribution < 1.29 is 4.42 Å². The van der Waals surface area contributed by atoms with Crippen LogP contribution in [-0.4, -0.2) is 0 Å². The molecule has 0 aliphatic carbocycles. The van der Waals surface area contributed by atoms with Gasteiger partial charge in [0.2, 0.25) is 0 Å². The maximum Gasteiger partial charge on any atom is 0.120 e. The molecular formula is C13H15NO. The predicted octanol–water partition coefficient (Wildman–Crippen LogP) is 3.13. The van der Waals surface area contributed by atoms with Gasteiger partial charge in [0, 0.05) is 6.54 Å². The van der Waals surface area contributed by atoms with Crippen LogP contribution in [0.4, 0.5) is 0 Å². The van der Waals surface area contributed by atoms with Gasteiger partial charge >= 0.3 is 0 Å². The lowest BCUT2D eigenvalue weighted by atomic mass is 10.2. The van der Waals surface area contributed by atoms with Crippen LogP contribution in [0.25, 0.3) is 0 Å². The summed E-state index contributed by atoms with van der Waals surface area (Å²) in [5.74, 6) is 0.978. The topological polar surface area (TPSA) is 25.2 Å². The van der Waals surface area contributed by atoms with Gasteiger partial charge in [-0.25, -0.2) is 0 Å². The van der Waals surface area contributed by atoms with E-state index in [0.717, 1.165) is 12.3 Å². The number of hydrogen-bond donors (Lipinski definition) is 1. The summed E-state index contributed by atoms with van der Waals surface area (Å²) in [7, 11) is 0. The van der Waals surface area contributed by atoms with E-state index < -0.39 is 0 Å². The van der Waals surface area contributed by atoms with Crippen LogP contribution < -0.4 is 5.32 Å². The number of rotatable bonds is 4. The van der Waals surface area contributed by atoms with Crippen LogP contribution in [0.15, 0.2) is 53.1 Å². The highest BCUT2D eigenvalue weighted by atomic mass is 16.3. The van der Waals surface area contributed by atoms with Crippen LogP contribution in [0.5, 0.6) is 0 Å². The Morgan fingerprint density at radius 1 is 1.13 bits per heavy atom. The molecule has 1 heterocycles. The molecule has 1 N–H and O–H groups in total. The van der Waals surface area contributed by atoms with E-state index in [1.807, 2.05) is 18.2 Å². The van der Waals surface area contributed by atoms with E-state index in [4.69, 9.17) is 4.42 Å². The zero-order valence-corrected chi connectivity index (χ0v) is 8.81. The Morgan fingerprint density at radius 2 is 1.93 bits per heavy atom. The lowest BCUT2D eigenvalue weighted by molar-refractivity contribution is 0.430. The lowest BCUT2D eigenvalue weighted by Gasteiger charge is -2.10. The summed E-state index contributed by atoms with van der Waals surface area (Å²) in [5.41, 5.74) is 1.29. The predicted molar refractivity (Wildman–Crippen MR) is 60.4 cm³/mol. The van der Waals surface area contributed by atoms with Crippen molar-refractivity contribution in [3.05, 3.63) is 60.1 Å². The molecule has 0 saturated carbocycles. The molecule has 0 unspecified atom stereocenters. The van der Waals surface area contributed by atoms with Gasteiger partial charge in [-0.1, -0.05) is 30.3 Å². The maximum atomic E-state index is 5.32. The second kappa shape index (κ2) is 4.80. The second-order valence-corrected chi connectivity index (χ2v) is 3.60. The first-order valence-electron chi connectivity index (χ1n) is 5.17. The average Bonchev–Trinajstić information content (AvgIpc) is 2.81. The van der Waals surface area contributed by atoms with Gasteiger partial charge in [0.05, 0.1) is 12.3 Å². The van der Waals surface area contributed by atoms with Crippen molar-refractivity contribution in [3.8, 4) is 0 Å². The summed E-state index contributed by atoms with van der Waals surface area (Å²) in [6.45, 7) is 2.96. The van der Waals surface area contributed by atoms with Gasteiger partial charge < -0.3 is 9.73 Å². The highest BCUT2D eigenvalue weighted by Crippen LogP contribution is 2.12. The molecule has 0 radical (unpaired) electrons. The Kier molecular flexibility index (Phi) is 3.20. The minimum Gasteiger partial charge on any atom is -0.468 e. The van der Waals surface area contributed by atoms with Crippen LogP contribution in [0.3, 0.4) is 0 Å². The number of benzene rings is 1. The number of furan rings is 1. The third kappa shape index (κ3) is 2.70. The highest BCUT2D eigenvalue weighted by Gasteiger charge is 2.06. The van der Waals surface area contributed by atoms with Crippen molar-refractivity contribution >= 4 is 0 Å². The first-order valence-corrected chi connectivity index (χ1v) is 5.17. The molecular weight excluding hydrogens is 186 g/mol. The summed E-state index contributed by atoms with van der Waals surface area (Å²) in [4.78, 5) is 0. The summed E-state index contributed by atoms with van der Waals surface area (Å²) < 4.78 is 5.32. The fraction of sp³-hybridized carbons (Fsp3) is 0.231. The van der Waals surface area contributed by atoms with Crippen molar-refractivity contribution in [1.82, 2.24) is 5.32 Å². The first-order chi connectivity index (χ1) is 7.36. The Labute approximate surface area is 89.9 Å². The number of nitrogens with one attached hydrogen (secondary N) is 1. The normalized spacial score (nSPS) is 12.6. The molecule has 0 fully saturated rings. The van der Waals surface area contributed by atoms with E-state index >= 15 is 0 Å². The maximum absolute atomic E-state index is 5.32. The molecule has 2 aromatic rings. The van der Waals surface area contributed by atoms with Crippen LogP contribution in [-0.2, 0) is 6.54 Å². The van der Waals surface area contributed by atoms with Gasteiger partial charge in [-0.15, -0.1) is 0 Å². The van der Waals surface area contributed by atoms with Crippen LogP contribution in [0, 0.1) is 0 Å². The standard InChI is InChI=1S/C13H15NO/c1-11(13-8-5-9-15-13)14-10-12-6-3-2-4-7-12/h2-9,11,14H,10H2,1H3/t11-/m0/s1. The van der Waals surface area contributed by atoms with E-state index in [-0.39, 0.29) is 6.04 Å². The van der Waals surface area contributed by atoms with E-state index in [2.05, 4.69) is 36.5 Å². The fourth-order valence-corrected chi connectivity index (χ4v) is 1.51. The van der Waals surface area contributed by atoms with E-state index in [0.29, 0.717) is 0 Å². The van der Waals surface area contributed by atoms with Gasteiger partial charge in [0.15, 0.2) is 0 Å². The molecule has 0 saturated heterocycles. The van der Waals surface area contributed by atoms with Gasteiger partial charge in [0.1, 0.15) is 5.76 Å². The van der Waals surface area contributed by atoms with Crippen LogP contribution in [0.1, 0.15) is 24.3 Å². The minimum absolute atomic E-state index is 0.250. The van der Waals surface area contributed by atoms with Crippen LogP contribution in [0.2, 0.25) is 0 Å². The van der Waals surface area contributed by atoms with Crippen molar-refractivity contribution in [2.24, 2.45) is 0 Å². The van der Waals surface area contributed by atoms with Gasteiger partial charge in [-0.3, -0.25) is 0 Å². The van der Waals surface area contributed by atoms with Gasteiger partial charge in [-0.05, 0) is 24.6 Å². The molecule has 78 valence electrons. The number of hydrogen-bond acceptors (Lipinski definition) is 2. The first kappa shape index (κ1) is 9.99. The minimum atomic E-state index is 0.250. The Hall–Kier alpha value is -1.54. The van der Waals surface area contributed by atoms with E-state index in [1.54, 1.807) is 6.26 Å². The SMILES string of the molecule is C[C@H](NCc1ccccc1)c1ccco1. The Balaban J connectivity index is 1.89. The Morgan fingerprint density at radius 3 is 2.60 bits per heavy atom. The molecule has 0 amide bonds. The summed E-state index contributed by atoms with van der Waals surface area (Å²) >= 11 is 0. The van der Waals surface area contributed by atoms with Gasteiger partial charge in [-0.2, -0.15) is 0 Å². The summed E-state index contributed by atoms with van der Waals surface area (Å²) in [6.07, 6.45) is 1.70. The van der Waals surface area contributed by atoms with E-state index in [9.17, 15) is 0 Å². The molecule has 2 nitrogen and oxygen atoms in total. The van der Waals surface area contributed by atoms with Crippen molar-refractivity contribution in [2.75, 3.05) is 0 Å². The summed E-state index contributed by atoms with van der Waals surface area (Å²) in [6, 6.07) is 14.5.